The van der Waals surface area contributed by atoms with Crippen molar-refractivity contribution in [1.29, 1.82) is 0 Å². The fourth-order valence-electron chi connectivity index (χ4n) is 2.21. The van der Waals surface area contributed by atoms with Gasteiger partial charge in [-0.3, -0.25) is 0 Å². The van der Waals surface area contributed by atoms with Crippen LogP contribution in [0.1, 0.15) is 11.4 Å². The summed E-state index contributed by atoms with van der Waals surface area (Å²) in [6.07, 6.45) is 0. The van der Waals surface area contributed by atoms with Crippen LogP contribution in [0.25, 0.3) is 11.0 Å². The third-order valence-corrected chi connectivity index (χ3v) is 2.87. The molecule has 0 saturated carbocycles. The molecule has 0 aliphatic carbocycles. The van der Waals surface area contributed by atoms with Gasteiger partial charge in [0.2, 0.25) is 0 Å². The maximum Gasteiger partial charge on any atom is 0.106 e. The van der Waals surface area contributed by atoms with Crippen molar-refractivity contribution in [3.63, 3.8) is 0 Å². The summed E-state index contributed by atoms with van der Waals surface area (Å²) >= 11 is 0. The van der Waals surface area contributed by atoms with E-state index in [1.165, 1.54) is 11.1 Å². The van der Waals surface area contributed by atoms with Crippen LogP contribution in [0.2, 0.25) is 0 Å². The average Bonchev–Trinajstić information content (AvgIpc) is 2.39. The van der Waals surface area contributed by atoms with Crippen molar-refractivity contribution in [1.82, 2.24) is 14.9 Å². The van der Waals surface area contributed by atoms with Gasteiger partial charge in [-0.05, 0) is 18.6 Å². The van der Waals surface area contributed by atoms with Gasteiger partial charge in [0, 0.05) is 19.6 Å². The van der Waals surface area contributed by atoms with E-state index in [1.54, 1.807) is 0 Å². The molecule has 0 amide bonds. The second-order valence-electron chi connectivity index (χ2n) is 3.77. The van der Waals surface area contributed by atoms with Gasteiger partial charge in [0.05, 0.1) is 11.0 Å². The highest BCUT2D eigenvalue weighted by Gasteiger charge is 2.13. The molecule has 0 radical (unpaired) electrons. The Morgan fingerprint density at radius 2 is 2.36 bits per heavy atom. The fraction of sp³-hybridized carbons (Fsp3) is 0.364. The van der Waals surface area contributed by atoms with E-state index in [0.29, 0.717) is 0 Å². The number of aryl methyl sites for hydroxylation is 1. The molecule has 3 nitrogen and oxygen atoms in total. The summed E-state index contributed by atoms with van der Waals surface area (Å²) in [6, 6.07) is 6.35. The molecule has 1 aromatic carbocycles. The van der Waals surface area contributed by atoms with Crippen LogP contribution in [0.4, 0.5) is 0 Å². The van der Waals surface area contributed by atoms with Gasteiger partial charge < -0.3 is 9.88 Å². The van der Waals surface area contributed by atoms with Crippen LogP contribution in [0, 0.1) is 6.92 Å². The monoisotopic (exact) mass is 187 g/mol. The van der Waals surface area contributed by atoms with Crippen LogP contribution in [-0.4, -0.2) is 16.1 Å². The maximum absolute atomic E-state index is 4.56. The van der Waals surface area contributed by atoms with Gasteiger partial charge in [0.25, 0.3) is 0 Å². The minimum atomic E-state index is 0.961. The summed E-state index contributed by atoms with van der Waals surface area (Å²) in [6.45, 7) is 5.10. The first-order chi connectivity index (χ1) is 6.86. The molecule has 3 rings (SSSR count). The topological polar surface area (TPSA) is 29.9 Å². The maximum atomic E-state index is 4.56. The first-order valence-electron chi connectivity index (χ1n) is 5.02. The lowest BCUT2D eigenvalue weighted by Gasteiger charge is -2.02. The summed E-state index contributed by atoms with van der Waals surface area (Å²) in [5, 5.41) is 3.42. The van der Waals surface area contributed by atoms with E-state index in [4.69, 9.17) is 0 Å². The molecule has 0 fully saturated rings. The fourth-order valence-corrected chi connectivity index (χ4v) is 2.21. The highest BCUT2D eigenvalue weighted by atomic mass is 15.1. The highest BCUT2D eigenvalue weighted by molar-refractivity contribution is 5.80. The normalized spacial score (nSPS) is 15.8. The quantitative estimate of drug-likeness (QED) is 0.676. The molecule has 0 saturated heterocycles. The molecule has 72 valence electrons. The molecule has 2 aromatic rings. The van der Waals surface area contributed by atoms with Crippen LogP contribution in [0.3, 0.4) is 0 Å². The molecule has 2 heterocycles. The van der Waals surface area contributed by atoms with Crippen LogP contribution in [-0.2, 0) is 13.1 Å². The number of rotatable bonds is 0. The molecule has 0 bridgehead atoms. The third-order valence-electron chi connectivity index (χ3n) is 2.87. The predicted octanol–water partition coefficient (Wildman–Crippen LogP) is 1.45. The van der Waals surface area contributed by atoms with Gasteiger partial charge in [0.1, 0.15) is 5.82 Å². The standard InChI is InChI=1S/C11H13N3/c1-8-13-10-4-2-3-9-7-12-5-6-14(8)11(9)10/h2-4,12H,5-7H2,1H3. The van der Waals surface area contributed by atoms with Gasteiger partial charge in [-0.1, -0.05) is 12.1 Å². The summed E-state index contributed by atoms with van der Waals surface area (Å²) in [5.41, 5.74) is 3.80. The Morgan fingerprint density at radius 3 is 3.29 bits per heavy atom. The average molecular weight is 187 g/mol. The molecule has 3 heteroatoms. The molecular formula is C11H13N3. The zero-order chi connectivity index (χ0) is 9.54. The van der Waals surface area contributed by atoms with E-state index in [0.717, 1.165) is 31.0 Å². The van der Waals surface area contributed by atoms with Crippen molar-refractivity contribution in [2.75, 3.05) is 6.54 Å². The lowest BCUT2D eigenvalue weighted by atomic mass is 10.2. The summed E-state index contributed by atoms with van der Waals surface area (Å²) in [5.74, 6) is 1.12. The Labute approximate surface area is 82.8 Å². The summed E-state index contributed by atoms with van der Waals surface area (Å²) in [7, 11) is 0. The minimum Gasteiger partial charge on any atom is -0.327 e. The van der Waals surface area contributed by atoms with Crippen molar-refractivity contribution in [3.8, 4) is 0 Å². The van der Waals surface area contributed by atoms with Gasteiger partial charge in [-0.25, -0.2) is 4.98 Å². The number of aromatic nitrogens is 2. The molecule has 1 aliphatic rings. The van der Waals surface area contributed by atoms with E-state index in [1.807, 2.05) is 0 Å². The lowest BCUT2D eigenvalue weighted by molar-refractivity contribution is 0.619. The molecule has 0 spiro atoms. The molecule has 1 N–H and O–H groups in total. The van der Waals surface area contributed by atoms with Gasteiger partial charge >= 0.3 is 0 Å². The zero-order valence-corrected chi connectivity index (χ0v) is 8.25. The smallest absolute Gasteiger partial charge is 0.106 e. The molecule has 0 unspecified atom stereocenters. The number of hydrogen-bond donors (Lipinski definition) is 1. The van der Waals surface area contributed by atoms with E-state index in [2.05, 4.69) is 40.0 Å². The van der Waals surface area contributed by atoms with Crippen LogP contribution >= 0.6 is 0 Å². The van der Waals surface area contributed by atoms with Crippen LogP contribution < -0.4 is 5.32 Å². The van der Waals surface area contributed by atoms with Crippen molar-refractivity contribution in [2.24, 2.45) is 0 Å². The molecular weight excluding hydrogens is 174 g/mol. The van der Waals surface area contributed by atoms with Gasteiger partial charge in [0.15, 0.2) is 0 Å². The first-order valence-corrected chi connectivity index (χ1v) is 5.02. The first kappa shape index (κ1) is 8.00. The van der Waals surface area contributed by atoms with Crippen molar-refractivity contribution < 1.29 is 0 Å². The zero-order valence-electron chi connectivity index (χ0n) is 8.25. The second kappa shape index (κ2) is 2.82. The lowest BCUT2D eigenvalue weighted by Crippen LogP contribution is -2.16. The van der Waals surface area contributed by atoms with Gasteiger partial charge in [-0.2, -0.15) is 0 Å². The molecule has 0 atom stereocenters. The SMILES string of the molecule is Cc1nc2cccc3c2n1CCNC3. The summed E-state index contributed by atoms with van der Waals surface area (Å²) in [4.78, 5) is 4.56. The van der Waals surface area contributed by atoms with Gasteiger partial charge in [-0.15, -0.1) is 0 Å². The number of benzene rings is 1. The number of nitrogens with one attached hydrogen (secondary N) is 1. The molecule has 1 aromatic heterocycles. The minimum absolute atomic E-state index is 0.961. The van der Waals surface area contributed by atoms with E-state index in [9.17, 15) is 0 Å². The second-order valence-corrected chi connectivity index (χ2v) is 3.77. The Bertz CT molecular complexity index is 484. The number of para-hydroxylation sites is 1. The number of nitrogens with zero attached hydrogens (tertiary/aromatic N) is 2. The predicted molar refractivity (Wildman–Crippen MR) is 56.2 cm³/mol. The largest absolute Gasteiger partial charge is 0.327 e. The van der Waals surface area contributed by atoms with Crippen LogP contribution in [0.5, 0.6) is 0 Å². The Hall–Kier alpha value is -1.35. The van der Waals surface area contributed by atoms with E-state index < -0.39 is 0 Å². The van der Waals surface area contributed by atoms with E-state index >= 15 is 0 Å². The van der Waals surface area contributed by atoms with E-state index in [-0.39, 0.29) is 0 Å². The summed E-state index contributed by atoms with van der Waals surface area (Å²) < 4.78 is 2.31. The van der Waals surface area contributed by atoms with Crippen molar-refractivity contribution in [3.05, 3.63) is 29.6 Å². The highest BCUT2D eigenvalue weighted by Crippen LogP contribution is 2.21. The molecule has 1 aliphatic heterocycles. The Kier molecular flexibility index (Phi) is 1.61. The van der Waals surface area contributed by atoms with Crippen molar-refractivity contribution in [2.45, 2.75) is 20.0 Å². The van der Waals surface area contributed by atoms with Crippen LogP contribution in [0.15, 0.2) is 18.2 Å². The number of hydrogen-bond acceptors (Lipinski definition) is 2. The Morgan fingerprint density at radius 1 is 1.43 bits per heavy atom. The number of imidazole rings is 1. The Balaban J connectivity index is 2.42. The van der Waals surface area contributed by atoms with Crippen molar-refractivity contribution >= 4 is 11.0 Å². The third kappa shape index (κ3) is 0.990. The molecule has 14 heavy (non-hydrogen) atoms.